The Morgan fingerprint density at radius 2 is 1.67 bits per heavy atom. The lowest BCUT2D eigenvalue weighted by molar-refractivity contribution is -0.142. The van der Waals surface area contributed by atoms with E-state index >= 15 is 0 Å². The molecule has 90 valence electrons. The number of hydrogen-bond acceptors (Lipinski definition) is 4. The van der Waals surface area contributed by atoms with E-state index in [9.17, 15) is 4.79 Å². The van der Waals surface area contributed by atoms with Crippen LogP contribution < -0.4 is 0 Å². The lowest BCUT2D eigenvalue weighted by Crippen LogP contribution is -2.13. The van der Waals surface area contributed by atoms with Crippen molar-refractivity contribution in [2.45, 2.75) is 19.8 Å². The summed E-state index contributed by atoms with van der Waals surface area (Å²) in [6.45, 7) is 4.65. The van der Waals surface area contributed by atoms with Gasteiger partial charge in [-0.2, -0.15) is 0 Å². The van der Waals surface area contributed by atoms with E-state index in [4.69, 9.17) is 25.8 Å². The van der Waals surface area contributed by atoms with Crippen molar-refractivity contribution in [3.8, 4) is 0 Å². The molecule has 0 bridgehead atoms. The highest BCUT2D eigenvalue weighted by atomic mass is 35.5. The minimum absolute atomic E-state index is 0.111. The van der Waals surface area contributed by atoms with Crippen molar-refractivity contribution in [3.05, 3.63) is 0 Å². The lowest BCUT2D eigenvalue weighted by atomic mass is 10.4. The summed E-state index contributed by atoms with van der Waals surface area (Å²) in [5.74, 6) is -0.528. The Bertz CT molecular complexity index is 152. The van der Waals surface area contributed by atoms with E-state index in [1.807, 2.05) is 0 Å². The van der Waals surface area contributed by atoms with Crippen LogP contribution in [0.3, 0.4) is 0 Å². The van der Waals surface area contributed by atoms with Gasteiger partial charge in [0.05, 0.1) is 19.8 Å². The maximum atomic E-state index is 10.6. The Hall–Kier alpha value is -0.320. The highest BCUT2D eigenvalue weighted by Gasteiger charge is 1.98. The van der Waals surface area contributed by atoms with Gasteiger partial charge in [-0.3, -0.25) is 4.79 Å². The molecular formula is C10H19ClO4. The molecule has 0 amide bonds. The van der Waals surface area contributed by atoms with Crippen LogP contribution in [0.1, 0.15) is 19.8 Å². The Kier molecular flexibility index (Phi) is 11.5. The molecule has 0 unspecified atom stereocenters. The van der Waals surface area contributed by atoms with Gasteiger partial charge in [-0.05, 0) is 6.42 Å². The van der Waals surface area contributed by atoms with Gasteiger partial charge < -0.3 is 14.2 Å². The van der Waals surface area contributed by atoms with Crippen molar-refractivity contribution in [3.63, 3.8) is 0 Å². The topological polar surface area (TPSA) is 44.8 Å². The fraction of sp³-hybridized carbons (Fsp3) is 0.900. The average Bonchev–Trinajstić information content (AvgIpc) is 2.26. The number of hydrogen-bond donors (Lipinski definition) is 0. The molecule has 0 spiro atoms. The van der Waals surface area contributed by atoms with Crippen molar-refractivity contribution in [1.82, 2.24) is 0 Å². The largest absolute Gasteiger partial charge is 0.462 e. The van der Waals surface area contributed by atoms with E-state index in [1.54, 1.807) is 0 Å². The second-order valence-electron chi connectivity index (χ2n) is 2.93. The molecule has 4 nitrogen and oxygen atoms in total. The molecule has 0 aliphatic heterocycles. The van der Waals surface area contributed by atoms with Crippen LogP contribution in [-0.4, -0.2) is 44.9 Å². The molecule has 0 saturated heterocycles. The number of carbonyl (C=O) groups is 1. The van der Waals surface area contributed by atoms with Crippen LogP contribution in [0, 0.1) is 0 Å². The summed E-state index contributed by atoms with van der Waals surface area (Å²) in [4.78, 5) is 10.6. The third-order valence-corrected chi connectivity index (χ3v) is 1.83. The van der Waals surface area contributed by atoms with E-state index in [-0.39, 0.29) is 12.5 Å². The first kappa shape index (κ1) is 14.7. The van der Waals surface area contributed by atoms with Crippen molar-refractivity contribution in [2.24, 2.45) is 0 Å². The maximum absolute atomic E-state index is 10.6. The van der Waals surface area contributed by atoms with Crippen LogP contribution >= 0.6 is 11.6 Å². The Balaban J connectivity index is 2.95. The summed E-state index contributed by atoms with van der Waals surface area (Å²) in [7, 11) is 0. The van der Waals surface area contributed by atoms with Crippen molar-refractivity contribution >= 4 is 17.6 Å². The second kappa shape index (κ2) is 11.8. The second-order valence-corrected chi connectivity index (χ2v) is 3.20. The lowest BCUT2D eigenvalue weighted by Gasteiger charge is -2.05. The summed E-state index contributed by atoms with van der Waals surface area (Å²) in [5, 5.41) is 0. The van der Waals surface area contributed by atoms with E-state index in [1.165, 1.54) is 0 Å². The van der Waals surface area contributed by atoms with Gasteiger partial charge in [-0.25, -0.2) is 0 Å². The van der Waals surface area contributed by atoms with E-state index in [2.05, 4.69) is 6.92 Å². The smallest absolute Gasteiger partial charge is 0.320 e. The number of carbonyl (C=O) groups excluding carboxylic acids is 1. The number of ether oxygens (including phenoxy) is 3. The van der Waals surface area contributed by atoms with Gasteiger partial charge in [0.25, 0.3) is 0 Å². The molecule has 0 aromatic heterocycles. The van der Waals surface area contributed by atoms with Crippen molar-refractivity contribution in [1.29, 1.82) is 0 Å². The normalized spacial score (nSPS) is 10.3. The van der Waals surface area contributed by atoms with Gasteiger partial charge >= 0.3 is 5.97 Å². The molecule has 0 heterocycles. The van der Waals surface area contributed by atoms with Gasteiger partial charge in [0, 0.05) is 6.61 Å². The van der Waals surface area contributed by atoms with Gasteiger partial charge in [-0.1, -0.05) is 13.3 Å². The summed E-state index contributed by atoms with van der Waals surface area (Å²) in [6.07, 6.45) is 2.21. The predicted molar refractivity (Wildman–Crippen MR) is 58.2 cm³/mol. The van der Waals surface area contributed by atoms with Crippen LogP contribution in [-0.2, 0) is 19.0 Å². The summed E-state index contributed by atoms with van der Waals surface area (Å²) in [5.41, 5.74) is 0. The van der Waals surface area contributed by atoms with Gasteiger partial charge in [0.1, 0.15) is 12.5 Å². The summed E-state index contributed by atoms with van der Waals surface area (Å²) in [6, 6.07) is 0. The molecule has 5 heteroatoms. The average molecular weight is 239 g/mol. The Morgan fingerprint density at radius 3 is 2.27 bits per heavy atom. The quantitative estimate of drug-likeness (QED) is 0.330. The molecule has 0 saturated carbocycles. The summed E-state index contributed by atoms with van der Waals surface area (Å²) < 4.78 is 15.1. The summed E-state index contributed by atoms with van der Waals surface area (Å²) >= 11 is 5.23. The molecule has 0 fully saturated rings. The standard InChI is InChI=1S/C10H19ClO4/c1-2-3-4-13-5-6-14-7-8-15-10(12)9-11/h2-9H2,1H3. The van der Waals surface area contributed by atoms with E-state index in [0.717, 1.165) is 19.4 Å². The fourth-order valence-electron chi connectivity index (χ4n) is 0.821. The number of alkyl halides is 1. The molecule has 15 heavy (non-hydrogen) atoms. The number of halogens is 1. The Morgan fingerprint density at radius 1 is 1.07 bits per heavy atom. The molecule has 0 atom stereocenters. The maximum Gasteiger partial charge on any atom is 0.320 e. The van der Waals surface area contributed by atoms with Crippen molar-refractivity contribution in [2.75, 3.05) is 38.9 Å². The zero-order chi connectivity index (χ0) is 11.4. The minimum atomic E-state index is -0.417. The van der Waals surface area contributed by atoms with Crippen LogP contribution in [0.25, 0.3) is 0 Å². The van der Waals surface area contributed by atoms with E-state index < -0.39 is 5.97 Å². The van der Waals surface area contributed by atoms with Crippen LogP contribution in [0.4, 0.5) is 0 Å². The Labute approximate surface area is 95.8 Å². The first-order valence-electron chi connectivity index (χ1n) is 5.18. The SMILES string of the molecule is CCCCOCCOCCOC(=O)CCl. The molecule has 0 N–H and O–H groups in total. The molecule has 0 aromatic rings. The van der Waals surface area contributed by atoms with Gasteiger partial charge in [0.2, 0.25) is 0 Å². The first-order chi connectivity index (χ1) is 7.31. The van der Waals surface area contributed by atoms with Gasteiger partial charge in [0.15, 0.2) is 0 Å². The first-order valence-corrected chi connectivity index (χ1v) is 5.71. The molecule has 0 aromatic carbocycles. The molecule has 0 aliphatic rings. The predicted octanol–water partition coefficient (Wildman–Crippen LogP) is 1.60. The number of rotatable bonds is 10. The molecule has 0 rings (SSSR count). The zero-order valence-corrected chi connectivity index (χ0v) is 9.92. The molecule has 0 radical (unpaired) electrons. The van der Waals surface area contributed by atoms with Crippen LogP contribution in [0.2, 0.25) is 0 Å². The highest BCUT2D eigenvalue weighted by molar-refractivity contribution is 6.26. The number of unbranched alkanes of at least 4 members (excludes halogenated alkanes) is 1. The van der Waals surface area contributed by atoms with Crippen molar-refractivity contribution < 1.29 is 19.0 Å². The van der Waals surface area contributed by atoms with Crippen LogP contribution in [0.15, 0.2) is 0 Å². The third kappa shape index (κ3) is 11.6. The molecule has 0 aliphatic carbocycles. The fourth-order valence-corrected chi connectivity index (χ4v) is 0.899. The molecular weight excluding hydrogens is 220 g/mol. The number of esters is 1. The third-order valence-electron chi connectivity index (χ3n) is 1.61. The minimum Gasteiger partial charge on any atom is -0.462 e. The van der Waals surface area contributed by atoms with E-state index in [0.29, 0.717) is 19.8 Å². The highest BCUT2D eigenvalue weighted by Crippen LogP contribution is 1.88. The van der Waals surface area contributed by atoms with Gasteiger partial charge in [-0.15, -0.1) is 11.6 Å². The van der Waals surface area contributed by atoms with Crippen LogP contribution in [0.5, 0.6) is 0 Å². The zero-order valence-electron chi connectivity index (χ0n) is 9.17. The monoisotopic (exact) mass is 238 g/mol.